The van der Waals surface area contributed by atoms with E-state index in [-0.39, 0.29) is 18.1 Å². The third kappa shape index (κ3) is 3.62. The largest absolute Gasteiger partial charge is 0.396 e. The number of halogens is 2. The molecule has 86 valence electrons. The first-order chi connectivity index (χ1) is 6.60. The third-order valence-corrected chi connectivity index (χ3v) is 2.17. The average Bonchev–Trinajstić information content (AvgIpc) is 2.53. The molecule has 0 saturated carbocycles. The Morgan fingerprint density at radius 3 is 2.93 bits per heavy atom. The normalized spacial score (nSPS) is 24.9. The highest BCUT2D eigenvalue weighted by Crippen LogP contribution is 2.15. The zero-order chi connectivity index (χ0) is 10.6. The number of aliphatic imine (C=N–C) groups is 1. The van der Waals surface area contributed by atoms with Crippen molar-refractivity contribution in [2.45, 2.75) is 12.7 Å². The van der Waals surface area contributed by atoms with Crippen molar-refractivity contribution in [1.29, 1.82) is 0 Å². The number of rotatable bonds is 4. The van der Waals surface area contributed by atoms with Crippen molar-refractivity contribution in [3.63, 3.8) is 0 Å². The summed E-state index contributed by atoms with van der Waals surface area (Å²) in [4.78, 5) is 19.5. The van der Waals surface area contributed by atoms with Gasteiger partial charge in [0.15, 0.2) is 5.71 Å². The molecule has 1 atom stereocenters. The zero-order valence-corrected chi connectivity index (χ0v) is 10.2. The number of nitrogens with one attached hydrogen (secondary N) is 1. The minimum absolute atomic E-state index is 0. The van der Waals surface area contributed by atoms with Crippen molar-refractivity contribution >= 4 is 52.5 Å². The van der Waals surface area contributed by atoms with Crippen LogP contribution in [0.5, 0.6) is 0 Å². The first kappa shape index (κ1) is 14.7. The molecular weight excluding hydrogens is 263 g/mol. The van der Waals surface area contributed by atoms with Gasteiger partial charge in [-0.25, -0.2) is 9.71 Å². The molecular formula is C6H10Cl2N4O2S. The molecule has 0 bridgehead atoms. The second kappa shape index (κ2) is 6.29. The number of hydrogen-bond acceptors (Lipinski definition) is 7. The van der Waals surface area contributed by atoms with E-state index in [1.807, 2.05) is 0 Å². The molecule has 1 unspecified atom stereocenters. The fourth-order valence-corrected chi connectivity index (χ4v) is 1.53. The number of nitrogens with two attached hydrogens (primary N) is 1. The van der Waals surface area contributed by atoms with Gasteiger partial charge in [-0.05, 0) is 30.5 Å². The van der Waals surface area contributed by atoms with E-state index in [9.17, 15) is 4.79 Å². The smallest absolute Gasteiger partial charge is 0.275 e. The molecule has 0 aromatic heterocycles. The van der Waals surface area contributed by atoms with Crippen LogP contribution in [-0.2, 0) is 9.63 Å². The van der Waals surface area contributed by atoms with Crippen LogP contribution in [0.25, 0.3) is 0 Å². The summed E-state index contributed by atoms with van der Waals surface area (Å²) in [6.45, 7) is 2.05. The fourth-order valence-electron chi connectivity index (χ4n) is 0.746. The lowest BCUT2D eigenvalue weighted by molar-refractivity contribution is -0.106. The van der Waals surface area contributed by atoms with Gasteiger partial charge in [-0.15, -0.1) is 12.4 Å². The lowest BCUT2D eigenvalue weighted by Crippen LogP contribution is -2.55. The van der Waals surface area contributed by atoms with Crippen molar-refractivity contribution in [3.8, 4) is 0 Å². The molecule has 0 aliphatic carbocycles. The molecule has 9 heteroatoms. The Morgan fingerprint density at radius 1 is 1.87 bits per heavy atom. The molecule has 1 aliphatic heterocycles. The van der Waals surface area contributed by atoms with Gasteiger partial charge in [-0.1, -0.05) is 5.16 Å². The van der Waals surface area contributed by atoms with Gasteiger partial charge < -0.3 is 4.84 Å². The van der Waals surface area contributed by atoms with Crippen molar-refractivity contribution in [2.75, 3.05) is 6.61 Å². The standard InChI is InChI=1S/C6H9ClN4O2S.ClH/c1-2-13-10-4(5(7)12)6(8)9-3-14-11-6;/h3,11H,2,8H2,1H3;1H. The van der Waals surface area contributed by atoms with Crippen LogP contribution in [0.15, 0.2) is 10.1 Å². The van der Waals surface area contributed by atoms with E-state index in [4.69, 9.17) is 22.2 Å². The summed E-state index contributed by atoms with van der Waals surface area (Å²) < 4.78 is 2.68. The number of nitrogens with zero attached hydrogens (tertiary/aromatic N) is 2. The van der Waals surface area contributed by atoms with Crippen molar-refractivity contribution in [2.24, 2.45) is 15.9 Å². The van der Waals surface area contributed by atoms with E-state index >= 15 is 0 Å². The number of hydrogen-bond donors (Lipinski definition) is 2. The van der Waals surface area contributed by atoms with E-state index < -0.39 is 11.0 Å². The summed E-state index contributed by atoms with van der Waals surface area (Å²) in [5.41, 5.74) is 6.99. The molecule has 0 fully saturated rings. The maximum atomic E-state index is 11.0. The van der Waals surface area contributed by atoms with Crippen LogP contribution in [0.1, 0.15) is 6.92 Å². The van der Waals surface area contributed by atoms with Crippen LogP contribution in [0.3, 0.4) is 0 Å². The Labute approximate surface area is 102 Å². The van der Waals surface area contributed by atoms with Gasteiger partial charge in [0.25, 0.3) is 5.24 Å². The van der Waals surface area contributed by atoms with Crippen LogP contribution >= 0.6 is 36.0 Å². The molecule has 0 amide bonds. The lowest BCUT2D eigenvalue weighted by Gasteiger charge is -2.18. The molecule has 1 aliphatic rings. The van der Waals surface area contributed by atoms with Gasteiger partial charge in [0, 0.05) is 0 Å². The first-order valence-corrected chi connectivity index (χ1v) is 5.01. The third-order valence-electron chi connectivity index (χ3n) is 1.36. The van der Waals surface area contributed by atoms with Crippen LogP contribution in [-0.4, -0.2) is 28.9 Å². The van der Waals surface area contributed by atoms with Gasteiger partial charge in [0.05, 0.1) is 5.55 Å². The first-order valence-electron chi connectivity index (χ1n) is 3.76. The average molecular weight is 273 g/mol. The monoisotopic (exact) mass is 272 g/mol. The zero-order valence-electron chi connectivity index (χ0n) is 7.77. The maximum Gasteiger partial charge on any atom is 0.275 e. The Balaban J connectivity index is 0.00000196. The molecule has 1 rings (SSSR count). The lowest BCUT2D eigenvalue weighted by atomic mass is 10.2. The summed E-state index contributed by atoms with van der Waals surface area (Å²) in [7, 11) is 0. The number of oxime groups is 1. The highest BCUT2D eigenvalue weighted by molar-refractivity contribution is 8.10. The Hall–Kier alpha value is -0.340. The molecule has 6 nitrogen and oxygen atoms in total. The summed E-state index contributed by atoms with van der Waals surface area (Å²) in [6.07, 6.45) is 0. The van der Waals surface area contributed by atoms with Crippen LogP contribution in [0.2, 0.25) is 0 Å². The van der Waals surface area contributed by atoms with Gasteiger partial charge in [0.2, 0.25) is 5.79 Å². The minimum atomic E-state index is -1.39. The van der Waals surface area contributed by atoms with Gasteiger partial charge in [-0.2, -0.15) is 0 Å². The Morgan fingerprint density at radius 2 is 2.53 bits per heavy atom. The summed E-state index contributed by atoms with van der Waals surface area (Å²) in [5, 5.41) is 2.72. The molecule has 0 spiro atoms. The van der Waals surface area contributed by atoms with Crippen molar-refractivity contribution < 1.29 is 9.63 Å². The van der Waals surface area contributed by atoms with Crippen LogP contribution in [0, 0.1) is 0 Å². The van der Waals surface area contributed by atoms with Crippen LogP contribution < -0.4 is 10.5 Å². The molecule has 15 heavy (non-hydrogen) atoms. The highest BCUT2D eigenvalue weighted by Gasteiger charge is 2.38. The van der Waals surface area contributed by atoms with Crippen molar-refractivity contribution in [3.05, 3.63) is 0 Å². The Bertz CT molecular complexity index is 299. The minimum Gasteiger partial charge on any atom is -0.396 e. The maximum absolute atomic E-state index is 11.0. The summed E-state index contributed by atoms with van der Waals surface area (Å²) >= 11 is 6.44. The predicted octanol–water partition coefficient (Wildman–Crippen LogP) is 0.458. The molecule has 3 N–H and O–H groups in total. The fraction of sp³-hybridized carbons (Fsp3) is 0.500. The topological polar surface area (TPSA) is 89.1 Å². The van der Waals surface area contributed by atoms with Gasteiger partial charge in [0.1, 0.15) is 6.61 Å². The molecule has 0 aromatic rings. The summed E-state index contributed by atoms with van der Waals surface area (Å²) in [6, 6.07) is 0. The quantitative estimate of drug-likeness (QED) is 0.336. The van der Waals surface area contributed by atoms with E-state index in [0.717, 1.165) is 11.9 Å². The van der Waals surface area contributed by atoms with E-state index in [1.165, 1.54) is 5.55 Å². The van der Waals surface area contributed by atoms with E-state index in [0.29, 0.717) is 6.61 Å². The van der Waals surface area contributed by atoms with Gasteiger partial charge in [-0.3, -0.25) is 10.5 Å². The number of carbonyl (C=O) groups excluding carboxylic acids is 1. The summed E-state index contributed by atoms with van der Waals surface area (Å²) in [5.74, 6) is -1.39. The Kier molecular flexibility index (Phi) is 6.15. The highest BCUT2D eigenvalue weighted by atomic mass is 35.5. The predicted molar refractivity (Wildman–Crippen MR) is 63.3 cm³/mol. The second-order valence-corrected chi connectivity index (χ2v) is 3.35. The molecule has 0 saturated heterocycles. The number of carbonyl (C=O) groups is 1. The molecule has 0 aromatic carbocycles. The van der Waals surface area contributed by atoms with Gasteiger partial charge >= 0.3 is 0 Å². The van der Waals surface area contributed by atoms with E-state index in [2.05, 4.69) is 14.9 Å². The van der Waals surface area contributed by atoms with E-state index in [1.54, 1.807) is 6.92 Å². The van der Waals surface area contributed by atoms with Crippen molar-refractivity contribution in [1.82, 2.24) is 4.72 Å². The molecule has 0 radical (unpaired) electrons. The van der Waals surface area contributed by atoms with Crippen LogP contribution in [0.4, 0.5) is 0 Å². The second-order valence-electron chi connectivity index (χ2n) is 2.35. The molecule has 1 heterocycles. The SMILES string of the molecule is CCON=C(C(=O)Cl)C1(N)N=CSN1.Cl.